The first-order valence-corrected chi connectivity index (χ1v) is 9.72. The predicted molar refractivity (Wildman–Crippen MR) is 103 cm³/mol. The van der Waals surface area contributed by atoms with E-state index in [4.69, 9.17) is 0 Å². The van der Waals surface area contributed by atoms with Gasteiger partial charge in [0, 0.05) is 38.1 Å². The Balaban J connectivity index is 2.48. The van der Waals surface area contributed by atoms with Crippen LogP contribution in [0.25, 0.3) is 0 Å². The molecule has 6 nitrogen and oxygen atoms in total. The second-order valence-corrected chi connectivity index (χ2v) is 7.42. The van der Waals surface area contributed by atoms with Crippen molar-refractivity contribution in [2.24, 2.45) is 5.92 Å². The Bertz CT molecular complexity index is 709. The summed E-state index contributed by atoms with van der Waals surface area (Å²) in [4.78, 5) is 40.2. The van der Waals surface area contributed by atoms with E-state index in [1.54, 1.807) is 23.9 Å². The maximum Gasteiger partial charge on any atom is 0.259 e. The van der Waals surface area contributed by atoms with E-state index in [1.807, 2.05) is 4.90 Å². The Morgan fingerprint density at radius 2 is 1.88 bits per heavy atom. The maximum absolute atomic E-state index is 13.1. The van der Waals surface area contributed by atoms with Crippen LogP contribution in [-0.4, -0.2) is 40.4 Å². The van der Waals surface area contributed by atoms with E-state index in [9.17, 15) is 14.4 Å². The van der Waals surface area contributed by atoms with Crippen LogP contribution in [0.5, 0.6) is 0 Å². The molecule has 2 amide bonds. The van der Waals surface area contributed by atoms with Crippen molar-refractivity contribution < 1.29 is 9.59 Å². The molecular formula is C20H31N3O3. The van der Waals surface area contributed by atoms with E-state index in [-0.39, 0.29) is 23.1 Å². The van der Waals surface area contributed by atoms with Crippen molar-refractivity contribution in [2.45, 2.75) is 66.0 Å². The minimum atomic E-state index is -0.471. The highest BCUT2D eigenvalue weighted by Gasteiger charge is 2.29. The third-order valence-corrected chi connectivity index (χ3v) is 4.83. The molecule has 144 valence electrons. The predicted octanol–water partition coefficient (Wildman–Crippen LogP) is 2.66. The fourth-order valence-corrected chi connectivity index (χ4v) is 3.58. The topological polar surface area (TPSA) is 71.4 Å². The van der Waals surface area contributed by atoms with E-state index in [1.165, 1.54) is 0 Å². The Morgan fingerprint density at radius 3 is 2.50 bits per heavy atom. The zero-order valence-electron chi connectivity index (χ0n) is 16.4. The first kappa shape index (κ1) is 20.2. The number of hydrogen-bond donors (Lipinski definition) is 1. The number of nitrogens with one attached hydrogen (secondary N) is 1. The van der Waals surface area contributed by atoms with Gasteiger partial charge in [0.2, 0.25) is 5.43 Å². The first-order chi connectivity index (χ1) is 12.4. The Morgan fingerprint density at radius 1 is 1.19 bits per heavy atom. The van der Waals surface area contributed by atoms with Crippen LogP contribution in [-0.2, 0) is 6.54 Å². The number of carbonyl (C=O) groups is 2. The monoisotopic (exact) mass is 361 g/mol. The number of pyridine rings is 1. The third-order valence-electron chi connectivity index (χ3n) is 4.83. The molecule has 26 heavy (non-hydrogen) atoms. The van der Waals surface area contributed by atoms with Crippen LogP contribution in [0.2, 0.25) is 0 Å². The smallest absolute Gasteiger partial charge is 0.259 e. The van der Waals surface area contributed by atoms with Crippen molar-refractivity contribution in [2.75, 3.05) is 13.1 Å². The number of aromatic nitrogens is 1. The lowest BCUT2D eigenvalue weighted by molar-refractivity contribution is 0.0605. The van der Waals surface area contributed by atoms with Crippen molar-refractivity contribution in [3.63, 3.8) is 0 Å². The minimum Gasteiger partial charge on any atom is -0.352 e. The van der Waals surface area contributed by atoms with Gasteiger partial charge in [0.1, 0.15) is 11.1 Å². The van der Waals surface area contributed by atoms with Gasteiger partial charge < -0.3 is 14.8 Å². The Kier molecular flexibility index (Phi) is 7.00. The summed E-state index contributed by atoms with van der Waals surface area (Å²) in [5.41, 5.74) is -0.320. The van der Waals surface area contributed by atoms with Crippen LogP contribution in [0.15, 0.2) is 17.2 Å². The van der Waals surface area contributed by atoms with Crippen LogP contribution >= 0.6 is 0 Å². The molecule has 0 spiro atoms. The van der Waals surface area contributed by atoms with Crippen LogP contribution in [0.4, 0.5) is 0 Å². The van der Waals surface area contributed by atoms with Gasteiger partial charge in [-0.2, -0.15) is 0 Å². The number of rotatable bonds is 6. The van der Waals surface area contributed by atoms with Crippen LogP contribution < -0.4 is 10.7 Å². The number of likely N-dealkylation sites (tertiary alicyclic amines) is 1. The molecule has 1 fully saturated rings. The van der Waals surface area contributed by atoms with E-state index < -0.39 is 11.3 Å². The molecule has 0 saturated carbocycles. The quantitative estimate of drug-likeness (QED) is 0.847. The van der Waals surface area contributed by atoms with Crippen molar-refractivity contribution in [3.8, 4) is 0 Å². The zero-order chi connectivity index (χ0) is 19.3. The molecule has 1 aliphatic heterocycles. The lowest BCUT2D eigenvalue weighted by Crippen LogP contribution is -2.45. The fraction of sp³-hybridized carbons (Fsp3) is 0.650. The van der Waals surface area contributed by atoms with Gasteiger partial charge in [-0.3, -0.25) is 14.4 Å². The van der Waals surface area contributed by atoms with Crippen molar-refractivity contribution in [3.05, 3.63) is 33.7 Å². The molecule has 2 heterocycles. The molecule has 2 rings (SSSR count). The number of amides is 2. The van der Waals surface area contributed by atoms with Gasteiger partial charge in [-0.15, -0.1) is 0 Å². The van der Waals surface area contributed by atoms with Crippen LogP contribution in [0.3, 0.4) is 0 Å². The van der Waals surface area contributed by atoms with Gasteiger partial charge in [-0.25, -0.2) is 0 Å². The minimum absolute atomic E-state index is 0.0448. The van der Waals surface area contributed by atoms with Gasteiger partial charge in [0.05, 0.1) is 0 Å². The maximum atomic E-state index is 13.1. The molecule has 1 aromatic heterocycles. The van der Waals surface area contributed by atoms with E-state index in [0.29, 0.717) is 25.6 Å². The van der Waals surface area contributed by atoms with Crippen LogP contribution in [0.1, 0.15) is 74.1 Å². The summed E-state index contributed by atoms with van der Waals surface area (Å²) in [6.45, 7) is 9.74. The molecule has 0 aromatic carbocycles. The molecule has 0 unspecified atom stereocenters. The molecule has 0 radical (unpaired) electrons. The normalized spacial score (nSPS) is 17.4. The molecule has 1 N–H and O–H groups in total. The highest BCUT2D eigenvalue weighted by atomic mass is 16.2. The van der Waals surface area contributed by atoms with Crippen molar-refractivity contribution in [1.82, 2.24) is 14.8 Å². The molecule has 1 aromatic rings. The molecule has 0 aliphatic carbocycles. The lowest BCUT2D eigenvalue weighted by atomic mass is 9.98. The average Bonchev–Trinajstić information content (AvgIpc) is 2.62. The Labute approximate surface area is 155 Å². The molecule has 6 heteroatoms. The molecule has 1 aliphatic rings. The zero-order valence-corrected chi connectivity index (χ0v) is 16.4. The van der Waals surface area contributed by atoms with E-state index in [0.717, 1.165) is 25.7 Å². The first-order valence-electron chi connectivity index (χ1n) is 9.72. The summed E-state index contributed by atoms with van der Waals surface area (Å²) >= 11 is 0. The second kappa shape index (κ2) is 9.01. The fourth-order valence-electron chi connectivity index (χ4n) is 3.58. The van der Waals surface area contributed by atoms with Gasteiger partial charge in [-0.1, -0.05) is 20.8 Å². The summed E-state index contributed by atoms with van der Waals surface area (Å²) in [5, 5.41) is 2.67. The second-order valence-electron chi connectivity index (χ2n) is 7.42. The number of hydrogen-bond acceptors (Lipinski definition) is 3. The van der Waals surface area contributed by atoms with Gasteiger partial charge >= 0.3 is 0 Å². The van der Waals surface area contributed by atoms with Gasteiger partial charge in [0.25, 0.3) is 11.8 Å². The standard InChI is InChI=1S/C20H31N3O3/c1-5-15-9-7-8-10-23(15)20(26)17-13-22(11-14(3)4)12-16(18(17)24)19(25)21-6-2/h12-15H,5-11H2,1-4H3,(H,21,25)/t15-/m0/s1. The van der Waals surface area contributed by atoms with Crippen LogP contribution in [0, 0.1) is 5.92 Å². The van der Waals surface area contributed by atoms with E-state index >= 15 is 0 Å². The van der Waals surface area contributed by atoms with Crippen molar-refractivity contribution >= 4 is 11.8 Å². The summed E-state index contributed by atoms with van der Waals surface area (Å²) in [7, 11) is 0. The summed E-state index contributed by atoms with van der Waals surface area (Å²) in [6.07, 6.45) is 7.10. The molecule has 1 saturated heterocycles. The summed E-state index contributed by atoms with van der Waals surface area (Å²) in [5.74, 6) is -0.332. The number of carbonyl (C=O) groups excluding carboxylic acids is 2. The molecule has 0 bridgehead atoms. The molecular weight excluding hydrogens is 330 g/mol. The molecule has 1 atom stereocenters. The summed E-state index contributed by atoms with van der Waals surface area (Å²) < 4.78 is 1.80. The highest BCUT2D eigenvalue weighted by molar-refractivity contribution is 5.99. The highest BCUT2D eigenvalue weighted by Crippen LogP contribution is 2.21. The summed E-state index contributed by atoms with van der Waals surface area (Å²) in [6, 6.07) is 0.169. The number of nitrogens with zero attached hydrogens (tertiary/aromatic N) is 2. The average molecular weight is 361 g/mol. The van der Waals surface area contributed by atoms with Gasteiger partial charge in [-0.05, 0) is 38.5 Å². The van der Waals surface area contributed by atoms with E-state index in [2.05, 4.69) is 26.1 Å². The SMILES string of the molecule is CCNC(=O)c1cn(CC(C)C)cc(C(=O)N2CCCC[C@@H]2CC)c1=O. The third kappa shape index (κ3) is 4.54. The number of piperidine rings is 1. The lowest BCUT2D eigenvalue weighted by Gasteiger charge is -2.35. The van der Waals surface area contributed by atoms with Crippen molar-refractivity contribution in [1.29, 1.82) is 0 Å². The largest absolute Gasteiger partial charge is 0.352 e. The van der Waals surface area contributed by atoms with Gasteiger partial charge in [0.15, 0.2) is 0 Å². The Hall–Kier alpha value is -2.11.